The van der Waals surface area contributed by atoms with Gasteiger partial charge in [-0.05, 0) is 12.3 Å². The molecule has 22 heavy (non-hydrogen) atoms. The summed E-state index contributed by atoms with van der Waals surface area (Å²) in [5.41, 5.74) is 0. The van der Waals surface area contributed by atoms with Crippen molar-refractivity contribution in [2.75, 3.05) is 12.3 Å². The molecule has 0 bridgehead atoms. The van der Waals surface area contributed by atoms with Gasteiger partial charge in [0.25, 0.3) is 10.1 Å². The van der Waals surface area contributed by atoms with Crippen LogP contribution in [0.2, 0.25) is 0 Å². The van der Waals surface area contributed by atoms with E-state index < -0.39 is 33.7 Å². The normalized spacial score (nSPS) is 11.3. The molecule has 0 saturated carbocycles. The van der Waals surface area contributed by atoms with Gasteiger partial charge in [0.15, 0.2) is 5.25 Å². The fourth-order valence-electron chi connectivity index (χ4n) is 0.887. The summed E-state index contributed by atoms with van der Waals surface area (Å²) in [5.74, 6) is -3.50. The predicted molar refractivity (Wildman–Crippen MR) is 94.2 cm³/mol. The highest BCUT2D eigenvalue weighted by atomic mass is 32.2. The lowest BCUT2D eigenvalue weighted by Gasteiger charge is -2.04. The molecule has 0 rings (SSSR count). The van der Waals surface area contributed by atoms with Crippen LogP contribution in [0, 0.1) is 0 Å². The van der Waals surface area contributed by atoms with Crippen LogP contribution >= 0.6 is 18.5 Å². The zero-order chi connectivity index (χ0) is 18.2. The highest BCUT2D eigenvalue weighted by molar-refractivity contribution is 7.87. The maximum atomic E-state index is 10.2. The lowest BCUT2D eigenvalue weighted by atomic mass is 10.3. The van der Waals surface area contributed by atoms with Gasteiger partial charge >= 0.3 is 11.9 Å². The topological polar surface area (TPSA) is 129 Å². The zero-order valence-corrected chi connectivity index (χ0v) is 16.2. The van der Waals surface area contributed by atoms with Crippen molar-refractivity contribution in [3.8, 4) is 0 Å². The van der Waals surface area contributed by atoms with Gasteiger partial charge in [-0.3, -0.25) is 14.1 Å². The summed E-state index contributed by atoms with van der Waals surface area (Å²) in [4.78, 5) is 20.0. The van der Waals surface area contributed by atoms with Crippen LogP contribution in [0.4, 0.5) is 0 Å². The third-order valence-electron chi connectivity index (χ3n) is 2.11. The Morgan fingerprint density at radius 3 is 1.41 bits per heavy atom. The van der Waals surface area contributed by atoms with E-state index >= 15 is 0 Å². The van der Waals surface area contributed by atoms with Crippen molar-refractivity contribution in [2.45, 2.75) is 51.2 Å². The minimum atomic E-state index is -4.84. The Hall–Kier alpha value is -0.290. The maximum absolute atomic E-state index is 10.2. The van der Waals surface area contributed by atoms with Crippen molar-refractivity contribution < 1.29 is 32.8 Å². The third-order valence-corrected chi connectivity index (χ3v) is 4.01. The van der Waals surface area contributed by atoms with Gasteiger partial charge in [-0.2, -0.15) is 8.42 Å². The van der Waals surface area contributed by atoms with Gasteiger partial charge in [0.1, 0.15) is 0 Å². The molecule has 0 amide bonds. The summed E-state index contributed by atoms with van der Waals surface area (Å²) in [6.45, 7) is 4.40. The molecular formula is C12H28O7P2S. The van der Waals surface area contributed by atoms with Crippen molar-refractivity contribution in [3.05, 3.63) is 0 Å². The maximum Gasteiger partial charge on any atom is 0.325 e. The van der Waals surface area contributed by atoms with Crippen molar-refractivity contribution in [2.24, 2.45) is 0 Å². The smallest absolute Gasteiger partial charge is 0.325 e. The number of aliphatic carboxylic acids is 2. The molecule has 0 heterocycles. The fourth-order valence-corrected chi connectivity index (χ4v) is 2.31. The number of rotatable bonds is 8. The van der Waals surface area contributed by atoms with E-state index in [0.29, 0.717) is 0 Å². The molecular weight excluding hydrogens is 350 g/mol. The number of carbonyl (C=O) groups is 2. The van der Waals surface area contributed by atoms with E-state index in [1.165, 1.54) is 38.0 Å². The molecule has 0 aromatic heterocycles. The van der Waals surface area contributed by atoms with Gasteiger partial charge in [-0.25, -0.2) is 0 Å². The fraction of sp³-hybridized carbons (Fsp3) is 0.833. The first-order valence-electron chi connectivity index (χ1n) is 6.89. The first-order chi connectivity index (χ1) is 10.1. The molecule has 3 N–H and O–H groups in total. The van der Waals surface area contributed by atoms with Crippen LogP contribution in [0.3, 0.4) is 0 Å². The van der Waals surface area contributed by atoms with Crippen LogP contribution in [0.25, 0.3) is 0 Å². The molecule has 0 aliphatic heterocycles. The van der Waals surface area contributed by atoms with E-state index in [4.69, 9.17) is 14.8 Å². The van der Waals surface area contributed by atoms with Crippen molar-refractivity contribution in [3.63, 3.8) is 0 Å². The summed E-state index contributed by atoms with van der Waals surface area (Å²) < 4.78 is 28.7. The van der Waals surface area contributed by atoms with Crippen LogP contribution in [0.5, 0.6) is 0 Å². The van der Waals surface area contributed by atoms with Crippen LogP contribution in [0.15, 0.2) is 0 Å². The Morgan fingerprint density at radius 2 is 1.36 bits per heavy atom. The highest BCUT2D eigenvalue weighted by Crippen LogP contribution is 2.04. The lowest BCUT2D eigenvalue weighted by molar-refractivity contribution is -0.143. The molecule has 0 aliphatic rings. The number of carboxylic acids is 2. The number of carboxylic acid groups (broad SMARTS) is 2. The Balaban J connectivity index is -0.000000298. The second-order valence-corrected chi connectivity index (χ2v) is 6.98. The highest BCUT2D eigenvalue weighted by Gasteiger charge is 2.33. The molecule has 0 saturated heterocycles. The molecule has 0 spiro atoms. The minimum Gasteiger partial charge on any atom is -0.481 e. The summed E-state index contributed by atoms with van der Waals surface area (Å²) in [5, 5.41) is 13.9. The van der Waals surface area contributed by atoms with Gasteiger partial charge < -0.3 is 10.2 Å². The average Bonchev–Trinajstić information content (AvgIpc) is 2.37. The minimum absolute atomic E-state index is 1.16. The molecule has 134 valence electrons. The Labute approximate surface area is 137 Å². The Kier molecular flexibility index (Phi) is 20.6. The van der Waals surface area contributed by atoms with Gasteiger partial charge in [-0.1, -0.05) is 39.5 Å². The quantitative estimate of drug-likeness (QED) is 0.436. The van der Waals surface area contributed by atoms with Crippen molar-refractivity contribution in [1.29, 1.82) is 0 Å². The first-order valence-corrected chi connectivity index (χ1v) is 10.0. The van der Waals surface area contributed by atoms with E-state index in [2.05, 4.69) is 32.3 Å². The number of hydrogen-bond donors (Lipinski definition) is 3. The standard InChI is InChI=1S/C4H6O7S.2C4H11P/c5-3(6)1-2(4(7)8)12(9,10)11;2*1-2-3-4-5/h2H,1H2,(H,5,6)(H,7,8)(H,9,10,11);2*2-5H2,1H3. The molecule has 0 aromatic carbocycles. The monoisotopic (exact) mass is 378 g/mol. The Bertz CT molecular complexity index is 375. The number of hydrogen-bond acceptors (Lipinski definition) is 4. The molecule has 0 fully saturated rings. The lowest BCUT2D eigenvalue weighted by Crippen LogP contribution is -2.31. The summed E-state index contributed by atoms with van der Waals surface area (Å²) in [6, 6.07) is 0. The first kappa shape index (κ1) is 26.6. The average molecular weight is 378 g/mol. The Morgan fingerprint density at radius 1 is 1.00 bits per heavy atom. The summed E-state index contributed by atoms with van der Waals surface area (Å²) >= 11 is 0. The second kappa shape index (κ2) is 17.1. The van der Waals surface area contributed by atoms with Gasteiger partial charge in [0, 0.05) is 0 Å². The van der Waals surface area contributed by atoms with Crippen LogP contribution in [-0.4, -0.2) is 52.7 Å². The van der Waals surface area contributed by atoms with Crippen molar-refractivity contribution in [1.82, 2.24) is 0 Å². The summed E-state index contributed by atoms with van der Waals surface area (Å²) in [7, 11) is 0.560. The van der Waals surface area contributed by atoms with E-state index in [1.807, 2.05) is 0 Å². The third kappa shape index (κ3) is 22.0. The molecule has 0 aromatic rings. The zero-order valence-electron chi connectivity index (χ0n) is 13.1. The molecule has 10 heteroatoms. The second-order valence-electron chi connectivity index (χ2n) is 4.22. The van der Waals surface area contributed by atoms with Crippen molar-refractivity contribution >= 4 is 40.5 Å². The molecule has 3 unspecified atom stereocenters. The van der Waals surface area contributed by atoms with Crippen LogP contribution in [0.1, 0.15) is 46.0 Å². The van der Waals surface area contributed by atoms with Gasteiger partial charge in [-0.15, -0.1) is 18.5 Å². The van der Waals surface area contributed by atoms with Gasteiger partial charge in [0.2, 0.25) is 0 Å². The summed E-state index contributed by atoms with van der Waals surface area (Å²) in [6.07, 6.45) is 6.71. The van der Waals surface area contributed by atoms with E-state index in [0.717, 1.165) is 0 Å². The molecule has 0 radical (unpaired) electrons. The largest absolute Gasteiger partial charge is 0.481 e. The SMILES string of the molecule is CCCCP.CCCCP.O=C(O)CC(C(=O)O)S(=O)(=O)O. The van der Waals surface area contributed by atoms with Crippen LogP contribution in [-0.2, 0) is 19.7 Å². The van der Waals surface area contributed by atoms with E-state index in [1.54, 1.807) is 0 Å². The molecule has 0 aliphatic carbocycles. The van der Waals surface area contributed by atoms with E-state index in [-0.39, 0.29) is 0 Å². The van der Waals surface area contributed by atoms with E-state index in [9.17, 15) is 18.0 Å². The molecule has 3 atom stereocenters. The van der Waals surface area contributed by atoms with Gasteiger partial charge in [0.05, 0.1) is 6.42 Å². The molecule has 7 nitrogen and oxygen atoms in total. The predicted octanol–water partition coefficient (Wildman–Crippen LogP) is 2.13. The number of unbranched alkanes of at least 4 members (excludes halogenated alkanes) is 2. The van der Waals surface area contributed by atoms with Crippen LogP contribution < -0.4 is 0 Å².